The number of likely N-dealkylation sites (N-methyl/N-ethyl adjacent to an activating group) is 1. The van der Waals surface area contributed by atoms with Gasteiger partial charge < -0.3 is 15.0 Å². The molecule has 3 rings (SSSR count). The van der Waals surface area contributed by atoms with Crippen molar-refractivity contribution >= 4 is 11.7 Å². The third-order valence-corrected chi connectivity index (χ3v) is 5.26. The molecule has 0 saturated heterocycles. The fourth-order valence-electron chi connectivity index (χ4n) is 3.47. The van der Waals surface area contributed by atoms with Crippen LogP contribution in [0.2, 0.25) is 0 Å². The van der Waals surface area contributed by atoms with E-state index in [-0.39, 0.29) is 11.9 Å². The van der Waals surface area contributed by atoms with E-state index in [1.165, 1.54) is 5.56 Å². The summed E-state index contributed by atoms with van der Waals surface area (Å²) >= 11 is 0. The highest BCUT2D eigenvalue weighted by Crippen LogP contribution is 2.25. The first-order valence-electron chi connectivity index (χ1n) is 11.0. The molecule has 0 spiro atoms. The maximum Gasteiger partial charge on any atom is 0.250 e. The van der Waals surface area contributed by atoms with Crippen molar-refractivity contribution in [3.8, 4) is 11.5 Å². The molecule has 5 nitrogen and oxygen atoms in total. The molecule has 0 saturated carbocycles. The van der Waals surface area contributed by atoms with Crippen molar-refractivity contribution < 1.29 is 9.53 Å². The number of carbonyl (C=O) groups excluding carboxylic acids is 1. The van der Waals surface area contributed by atoms with E-state index in [1.54, 1.807) is 7.05 Å². The SMILES string of the molecule is CC.CCN1CC(C(=NC)NC(C)c2ccc(Oc3cccc(C)c3)cc2)=C(C)C1=O. The lowest BCUT2D eigenvalue weighted by Crippen LogP contribution is -2.31. The van der Waals surface area contributed by atoms with E-state index in [2.05, 4.69) is 29.4 Å². The zero-order valence-electron chi connectivity index (χ0n) is 19.8. The highest BCUT2D eigenvalue weighted by atomic mass is 16.5. The normalized spacial score (nSPS) is 14.9. The Hall–Kier alpha value is -3.08. The summed E-state index contributed by atoms with van der Waals surface area (Å²) in [5.74, 6) is 2.50. The number of benzene rings is 2. The summed E-state index contributed by atoms with van der Waals surface area (Å²) in [5, 5.41) is 3.47. The molecule has 1 amide bonds. The van der Waals surface area contributed by atoms with Crippen LogP contribution >= 0.6 is 0 Å². The monoisotopic (exact) mass is 421 g/mol. The van der Waals surface area contributed by atoms with Gasteiger partial charge in [-0.25, -0.2) is 0 Å². The van der Waals surface area contributed by atoms with Gasteiger partial charge in [0.15, 0.2) is 0 Å². The minimum absolute atomic E-state index is 0.0489. The van der Waals surface area contributed by atoms with Gasteiger partial charge >= 0.3 is 0 Å². The zero-order valence-corrected chi connectivity index (χ0v) is 19.8. The van der Waals surface area contributed by atoms with Gasteiger partial charge in [-0.05, 0) is 63.1 Å². The Morgan fingerprint density at radius 1 is 1.13 bits per heavy atom. The molecule has 1 unspecified atom stereocenters. The average Bonchev–Trinajstić information content (AvgIpc) is 3.07. The van der Waals surface area contributed by atoms with Gasteiger partial charge in [-0.1, -0.05) is 38.1 Å². The van der Waals surface area contributed by atoms with Gasteiger partial charge in [0.05, 0.1) is 6.54 Å². The summed E-state index contributed by atoms with van der Waals surface area (Å²) in [5.41, 5.74) is 4.04. The van der Waals surface area contributed by atoms with Crippen LogP contribution in [0, 0.1) is 6.92 Å². The summed E-state index contributed by atoms with van der Waals surface area (Å²) in [7, 11) is 1.76. The third kappa shape index (κ3) is 5.97. The first-order valence-corrected chi connectivity index (χ1v) is 11.0. The number of rotatable bonds is 6. The number of nitrogens with one attached hydrogen (secondary N) is 1. The van der Waals surface area contributed by atoms with Crippen LogP contribution in [0.5, 0.6) is 11.5 Å². The predicted molar refractivity (Wildman–Crippen MR) is 129 cm³/mol. The van der Waals surface area contributed by atoms with Crippen LogP contribution in [0.3, 0.4) is 0 Å². The number of hydrogen-bond acceptors (Lipinski definition) is 3. The second-order valence-electron chi connectivity index (χ2n) is 7.35. The first kappa shape index (κ1) is 24.2. The first-order chi connectivity index (χ1) is 14.9. The fourth-order valence-corrected chi connectivity index (χ4v) is 3.47. The van der Waals surface area contributed by atoms with Crippen molar-refractivity contribution in [1.29, 1.82) is 0 Å². The van der Waals surface area contributed by atoms with Gasteiger partial charge in [0.1, 0.15) is 17.3 Å². The molecular formula is C26H35N3O2. The Kier molecular flexibility index (Phi) is 8.86. The Bertz CT molecular complexity index is 945. The predicted octanol–water partition coefficient (Wildman–Crippen LogP) is 5.67. The van der Waals surface area contributed by atoms with Crippen LogP contribution in [-0.4, -0.2) is 36.8 Å². The smallest absolute Gasteiger partial charge is 0.250 e. The van der Waals surface area contributed by atoms with Crippen LogP contribution in [0.4, 0.5) is 0 Å². The van der Waals surface area contributed by atoms with E-state index in [0.717, 1.165) is 34.0 Å². The number of carbonyl (C=O) groups is 1. The Morgan fingerprint density at radius 3 is 2.35 bits per heavy atom. The molecule has 1 aliphatic rings. The molecule has 1 N–H and O–H groups in total. The molecule has 1 atom stereocenters. The molecule has 5 heteroatoms. The highest BCUT2D eigenvalue weighted by Gasteiger charge is 2.29. The van der Waals surface area contributed by atoms with Crippen molar-refractivity contribution in [3.63, 3.8) is 0 Å². The second kappa shape index (κ2) is 11.3. The maximum absolute atomic E-state index is 12.3. The van der Waals surface area contributed by atoms with E-state index in [4.69, 9.17) is 4.74 Å². The summed E-state index contributed by atoms with van der Waals surface area (Å²) in [6, 6.07) is 16.1. The zero-order chi connectivity index (χ0) is 23.0. The molecule has 1 heterocycles. The Balaban J connectivity index is 0.00000166. The number of aliphatic imine (C=N–C) groups is 1. The Labute approximate surface area is 186 Å². The lowest BCUT2D eigenvalue weighted by molar-refractivity contribution is -0.125. The molecule has 0 fully saturated rings. The molecule has 0 aliphatic carbocycles. The highest BCUT2D eigenvalue weighted by molar-refractivity contribution is 6.10. The molecule has 31 heavy (non-hydrogen) atoms. The Morgan fingerprint density at radius 2 is 1.81 bits per heavy atom. The minimum Gasteiger partial charge on any atom is -0.457 e. The van der Waals surface area contributed by atoms with Gasteiger partial charge in [0.2, 0.25) is 5.91 Å². The second-order valence-corrected chi connectivity index (χ2v) is 7.35. The number of nitrogens with zero attached hydrogens (tertiary/aromatic N) is 2. The van der Waals surface area contributed by atoms with Gasteiger partial charge in [-0.2, -0.15) is 0 Å². The van der Waals surface area contributed by atoms with Crippen LogP contribution in [0.25, 0.3) is 0 Å². The van der Waals surface area contributed by atoms with E-state index in [9.17, 15) is 4.79 Å². The van der Waals surface area contributed by atoms with Crippen LogP contribution in [0.15, 0.2) is 64.7 Å². The van der Waals surface area contributed by atoms with Crippen molar-refractivity contribution in [2.45, 2.75) is 47.6 Å². The van der Waals surface area contributed by atoms with E-state index in [1.807, 2.05) is 75.9 Å². The lowest BCUT2D eigenvalue weighted by Gasteiger charge is -2.19. The number of amidine groups is 1. The topological polar surface area (TPSA) is 53.9 Å². The van der Waals surface area contributed by atoms with E-state index >= 15 is 0 Å². The van der Waals surface area contributed by atoms with Gasteiger partial charge in [-0.15, -0.1) is 0 Å². The van der Waals surface area contributed by atoms with Crippen LogP contribution in [-0.2, 0) is 4.79 Å². The quantitative estimate of drug-likeness (QED) is 0.483. The summed E-state index contributed by atoms with van der Waals surface area (Å²) in [4.78, 5) is 18.6. The van der Waals surface area contributed by atoms with Crippen molar-refractivity contribution in [2.24, 2.45) is 4.99 Å². The maximum atomic E-state index is 12.3. The summed E-state index contributed by atoms with van der Waals surface area (Å²) < 4.78 is 5.93. The van der Waals surface area contributed by atoms with Crippen molar-refractivity contribution in [1.82, 2.24) is 10.2 Å². The van der Waals surface area contributed by atoms with Gasteiger partial charge in [-0.3, -0.25) is 9.79 Å². The molecule has 0 bridgehead atoms. The molecule has 166 valence electrons. The minimum atomic E-state index is 0.0489. The number of amides is 1. The molecule has 2 aromatic carbocycles. The fraction of sp³-hybridized carbons (Fsp3) is 0.385. The van der Waals surface area contributed by atoms with Crippen molar-refractivity contribution in [3.05, 3.63) is 70.8 Å². The molecule has 0 aromatic heterocycles. The van der Waals surface area contributed by atoms with Gasteiger partial charge in [0, 0.05) is 30.8 Å². The summed E-state index contributed by atoms with van der Waals surface area (Å²) in [6.45, 7) is 13.3. The molecular weight excluding hydrogens is 386 g/mol. The number of hydrogen-bond donors (Lipinski definition) is 1. The number of ether oxygens (including phenoxy) is 1. The number of aryl methyl sites for hydroxylation is 1. The van der Waals surface area contributed by atoms with Gasteiger partial charge in [0.25, 0.3) is 0 Å². The standard InChI is InChI=1S/C24H29N3O2.C2H6/c1-6-27-15-22(17(3)24(27)28)23(25-5)26-18(4)19-10-12-20(13-11-19)29-21-9-7-8-16(2)14-21;1-2/h7-14,18H,6,15H2,1-5H3,(H,25,26);1-2H3. The van der Waals surface area contributed by atoms with Crippen molar-refractivity contribution in [2.75, 3.05) is 20.1 Å². The van der Waals surface area contributed by atoms with E-state index in [0.29, 0.717) is 13.1 Å². The lowest BCUT2D eigenvalue weighted by atomic mass is 10.1. The molecule has 0 radical (unpaired) electrons. The molecule has 2 aromatic rings. The largest absolute Gasteiger partial charge is 0.457 e. The van der Waals surface area contributed by atoms with E-state index < -0.39 is 0 Å². The molecule has 1 aliphatic heterocycles. The summed E-state index contributed by atoms with van der Waals surface area (Å²) in [6.07, 6.45) is 0. The third-order valence-electron chi connectivity index (χ3n) is 5.26. The van der Waals surface area contributed by atoms with Crippen LogP contribution < -0.4 is 10.1 Å². The average molecular weight is 422 g/mol. The van der Waals surface area contributed by atoms with Crippen LogP contribution in [0.1, 0.15) is 51.8 Å².